The van der Waals surface area contributed by atoms with Gasteiger partial charge in [-0.05, 0) is 30.5 Å². The van der Waals surface area contributed by atoms with Crippen LogP contribution in [0.5, 0.6) is 0 Å². The van der Waals surface area contributed by atoms with E-state index in [1.807, 2.05) is 6.20 Å². The van der Waals surface area contributed by atoms with E-state index in [1.165, 1.54) is 0 Å². The predicted molar refractivity (Wildman–Crippen MR) is 80.1 cm³/mol. The zero-order chi connectivity index (χ0) is 13.7. The lowest BCUT2D eigenvalue weighted by molar-refractivity contribution is 0.680. The predicted octanol–water partition coefficient (Wildman–Crippen LogP) is 3.60. The van der Waals surface area contributed by atoms with E-state index in [1.54, 1.807) is 24.4 Å². The molecule has 0 aliphatic heterocycles. The molecule has 0 radical (unpaired) electrons. The quantitative estimate of drug-likeness (QED) is 0.885. The molecule has 0 amide bonds. The van der Waals surface area contributed by atoms with E-state index in [4.69, 9.17) is 23.2 Å². The van der Waals surface area contributed by atoms with Crippen LogP contribution in [-0.4, -0.2) is 20.2 Å². The van der Waals surface area contributed by atoms with Crippen LogP contribution < -0.4 is 0 Å². The van der Waals surface area contributed by atoms with Crippen molar-refractivity contribution in [2.75, 3.05) is 5.75 Å². The monoisotopic (exact) mass is 316 g/mol. The van der Waals surface area contributed by atoms with E-state index in [2.05, 4.69) is 10.2 Å². The SMILES string of the molecule is O=[S@@](CCCc1cn[nH]c1)Cc1c(Cl)cccc1Cl. The van der Waals surface area contributed by atoms with Crippen molar-refractivity contribution >= 4 is 34.0 Å². The third kappa shape index (κ3) is 4.34. The van der Waals surface area contributed by atoms with Crippen molar-refractivity contribution in [2.45, 2.75) is 18.6 Å². The zero-order valence-electron chi connectivity index (χ0n) is 10.2. The number of nitrogens with one attached hydrogen (secondary N) is 1. The summed E-state index contributed by atoms with van der Waals surface area (Å²) in [7, 11) is -0.953. The maximum absolute atomic E-state index is 12.0. The smallest absolute Gasteiger partial charge is 0.0519 e. The molecule has 0 aliphatic rings. The first-order valence-electron chi connectivity index (χ1n) is 5.92. The molecule has 0 aliphatic carbocycles. The van der Waals surface area contributed by atoms with Crippen molar-refractivity contribution in [3.8, 4) is 0 Å². The number of benzene rings is 1. The number of nitrogens with zero attached hydrogens (tertiary/aromatic N) is 1. The summed E-state index contributed by atoms with van der Waals surface area (Å²) in [6.45, 7) is 0. The Bertz CT molecular complexity index is 538. The Kier molecular flexibility index (Phi) is 5.43. The fraction of sp³-hybridized carbons (Fsp3) is 0.308. The van der Waals surface area contributed by atoms with Crippen molar-refractivity contribution in [3.05, 3.63) is 51.8 Å². The first-order chi connectivity index (χ1) is 9.16. The largest absolute Gasteiger partial charge is 0.285 e. The summed E-state index contributed by atoms with van der Waals surface area (Å²) >= 11 is 12.1. The molecule has 1 N–H and O–H groups in total. The minimum atomic E-state index is -0.953. The number of hydrogen-bond donors (Lipinski definition) is 1. The number of halogens is 2. The summed E-state index contributed by atoms with van der Waals surface area (Å²) in [5, 5.41) is 7.80. The van der Waals surface area contributed by atoms with E-state index in [0.717, 1.165) is 24.0 Å². The highest BCUT2D eigenvalue weighted by molar-refractivity contribution is 7.84. The summed E-state index contributed by atoms with van der Waals surface area (Å²) < 4.78 is 12.0. The molecule has 2 aromatic rings. The lowest BCUT2D eigenvalue weighted by atomic mass is 10.2. The Morgan fingerprint density at radius 1 is 1.26 bits per heavy atom. The van der Waals surface area contributed by atoms with Crippen LogP contribution in [0.25, 0.3) is 0 Å². The average Bonchev–Trinajstić information content (AvgIpc) is 2.87. The highest BCUT2D eigenvalue weighted by atomic mass is 35.5. The molecule has 1 aromatic heterocycles. The Balaban J connectivity index is 1.84. The molecule has 0 saturated carbocycles. The molecule has 0 bridgehead atoms. The Hall–Kier alpha value is -0.840. The van der Waals surface area contributed by atoms with Gasteiger partial charge in [-0.3, -0.25) is 9.31 Å². The molecule has 6 heteroatoms. The number of rotatable bonds is 6. The maximum atomic E-state index is 12.0. The van der Waals surface area contributed by atoms with Gasteiger partial charge in [-0.25, -0.2) is 0 Å². The zero-order valence-corrected chi connectivity index (χ0v) is 12.6. The minimum Gasteiger partial charge on any atom is -0.285 e. The van der Waals surface area contributed by atoms with Gasteiger partial charge < -0.3 is 0 Å². The van der Waals surface area contributed by atoms with Gasteiger partial charge in [0.25, 0.3) is 0 Å². The summed E-state index contributed by atoms with van der Waals surface area (Å²) in [5.41, 5.74) is 1.90. The molecule has 0 fully saturated rings. The number of aryl methyl sites for hydroxylation is 1. The molecule has 0 saturated heterocycles. The van der Waals surface area contributed by atoms with Crippen molar-refractivity contribution in [3.63, 3.8) is 0 Å². The highest BCUT2D eigenvalue weighted by Crippen LogP contribution is 2.25. The van der Waals surface area contributed by atoms with Crippen LogP contribution in [0.15, 0.2) is 30.6 Å². The van der Waals surface area contributed by atoms with Gasteiger partial charge >= 0.3 is 0 Å². The third-order valence-electron chi connectivity index (χ3n) is 2.76. The first kappa shape index (κ1) is 14.6. The van der Waals surface area contributed by atoms with Crippen LogP contribution in [0, 0.1) is 0 Å². The van der Waals surface area contributed by atoms with Gasteiger partial charge in [0.15, 0.2) is 0 Å². The van der Waals surface area contributed by atoms with Gasteiger partial charge in [-0.15, -0.1) is 0 Å². The van der Waals surface area contributed by atoms with Crippen LogP contribution in [0.2, 0.25) is 10.0 Å². The van der Waals surface area contributed by atoms with Gasteiger partial charge in [0, 0.05) is 38.4 Å². The summed E-state index contributed by atoms with van der Waals surface area (Å²) in [6.07, 6.45) is 5.37. The second-order valence-electron chi connectivity index (χ2n) is 4.20. The van der Waals surface area contributed by atoms with E-state index in [-0.39, 0.29) is 0 Å². The lowest BCUT2D eigenvalue weighted by Gasteiger charge is -2.06. The van der Waals surface area contributed by atoms with Gasteiger partial charge in [-0.1, -0.05) is 29.3 Å². The molecule has 19 heavy (non-hydrogen) atoms. The van der Waals surface area contributed by atoms with E-state index in [9.17, 15) is 4.21 Å². The van der Waals surface area contributed by atoms with E-state index in [0.29, 0.717) is 21.6 Å². The molecule has 1 aromatic carbocycles. The van der Waals surface area contributed by atoms with Gasteiger partial charge in [0.2, 0.25) is 0 Å². The number of hydrogen-bond acceptors (Lipinski definition) is 2. The van der Waals surface area contributed by atoms with Crippen molar-refractivity contribution < 1.29 is 4.21 Å². The van der Waals surface area contributed by atoms with Crippen LogP contribution in [-0.2, 0) is 23.0 Å². The molecular formula is C13H14Cl2N2OS. The van der Waals surface area contributed by atoms with Gasteiger partial charge in [0.1, 0.15) is 0 Å². The first-order valence-corrected chi connectivity index (χ1v) is 8.16. The number of aromatic amines is 1. The van der Waals surface area contributed by atoms with Gasteiger partial charge in [0.05, 0.1) is 11.9 Å². The van der Waals surface area contributed by atoms with Crippen molar-refractivity contribution in [1.82, 2.24) is 10.2 Å². The topological polar surface area (TPSA) is 45.8 Å². The van der Waals surface area contributed by atoms with Crippen LogP contribution in [0.1, 0.15) is 17.5 Å². The normalized spacial score (nSPS) is 12.5. The highest BCUT2D eigenvalue weighted by Gasteiger charge is 2.09. The van der Waals surface area contributed by atoms with Crippen molar-refractivity contribution in [2.24, 2.45) is 0 Å². The molecule has 2 rings (SSSR count). The molecule has 1 heterocycles. The standard InChI is InChI=1S/C13H14Cl2N2OS/c14-12-4-1-5-13(15)11(12)9-19(18)6-2-3-10-7-16-17-8-10/h1,4-5,7-8H,2-3,6,9H2,(H,16,17)/t19-/m0/s1. The second kappa shape index (κ2) is 7.08. The van der Waals surface area contributed by atoms with E-state index < -0.39 is 10.8 Å². The fourth-order valence-corrected chi connectivity index (χ4v) is 3.69. The molecule has 3 nitrogen and oxygen atoms in total. The molecule has 0 spiro atoms. The molecular weight excluding hydrogens is 303 g/mol. The fourth-order valence-electron chi connectivity index (χ4n) is 1.76. The molecule has 0 unspecified atom stereocenters. The Morgan fingerprint density at radius 2 is 2.00 bits per heavy atom. The second-order valence-corrected chi connectivity index (χ2v) is 6.59. The van der Waals surface area contributed by atoms with Crippen LogP contribution in [0.4, 0.5) is 0 Å². The van der Waals surface area contributed by atoms with E-state index >= 15 is 0 Å². The average molecular weight is 317 g/mol. The Labute approximate surface area is 124 Å². The summed E-state index contributed by atoms with van der Waals surface area (Å²) in [5.74, 6) is 1.04. The lowest BCUT2D eigenvalue weighted by Crippen LogP contribution is -2.03. The molecule has 1 atom stereocenters. The van der Waals surface area contributed by atoms with Crippen molar-refractivity contribution in [1.29, 1.82) is 0 Å². The van der Waals surface area contributed by atoms with Crippen LogP contribution in [0.3, 0.4) is 0 Å². The Morgan fingerprint density at radius 3 is 2.63 bits per heavy atom. The van der Waals surface area contributed by atoms with Crippen LogP contribution >= 0.6 is 23.2 Å². The van der Waals surface area contributed by atoms with Gasteiger partial charge in [-0.2, -0.15) is 5.10 Å². The molecule has 102 valence electrons. The summed E-state index contributed by atoms with van der Waals surface area (Å²) in [6, 6.07) is 5.33. The number of H-pyrrole nitrogens is 1. The minimum absolute atomic E-state index is 0.407. The summed E-state index contributed by atoms with van der Waals surface area (Å²) in [4.78, 5) is 0. The maximum Gasteiger partial charge on any atom is 0.0519 e. The number of aromatic nitrogens is 2. The third-order valence-corrected chi connectivity index (χ3v) is 4.82.